The zero-order valence-corrected chi connectivity index (χ0v) is 15.6. The highest BCUT2D eigenvalue weighted by atomic mass is 16.3. The third kappa shape index (κ3) is 3.62. The monoisotopic (exact) mass is 341 g/mol. The molecule has 3 heteroatoms. The third-order valence-corrected chi connectivity index (χ3v) is 6.56. The number of nitrogens with zero attached hydrogens (tertiary/aromatic N) is 1. The summed E-state index contributed by atoms with van der Waals surface area (Å²) in [6.07, 6.45) is 7.40. The number of carbonyl (C=O) groups is 1. The SMILES string of the molecule is Cc1cccc(CC2CCN(C(=O)C3CC(C)(O)C3)CC2)c1C1CC1. The molecule has 136 valence electrons. The van der Waals surface area contributed by atoms with Crippen molar-refractivity contribution in [2.24, 2.45) is 11.8 Å². The Balaban J connectivity index is 1.32. The molecule has 3 aliphatic rings. The molecule has 1 aromatic rings. The molecule has 4 rings (SSSR count). The van der Waals surface area contributed by atoms with Gasteiger partial charge in [0.05, 0.1) is 5.60 Å². The van der Waals surface area contributed by atoms with E-state index >= 15 is 0 Å². The first-order chi connectivity index (χ1) is 11.9. The van der Waals surface area contributed by atoms with Gasteiger partial charge >= 0.3 is 0 Å². The van der Waals surface area contributed by atoms with Crippen LogP contribution in [0.15, 0.2) is 18.2 Å². The second-order valence-electron chi connectivity index (χ2n) is 9.00. The number of hydrogen-bond donors (Lipinski definition) is 1. The molecule has 0 spiro atoms. The van der Waals surface area contributed by atoms with Crippen LogP contribution in [-0.2, 0) is 11.2 Å². The van der Waals surface area contributed by atoms with Crippen LogP contribution in [-0.4, -0.2) is 34.6 Å². The van der Waals surface area contributed by atoms with E-state index in [0.29, 0.717) is 18.8 Å². The van der Waals surface area contributed by atoms with Gasteiger partial charge in [0.2, 0.25) is 5.91 Å². The first-order valence-corrected chi connectivity index (χ1v) is 10.0. The van der Waals surface area contributed by atoms with Crippen LogP contribution < -0.4 is 0 Å². The fourth-order valence-electron chi connectivity index (χ4n) is 4.98. The van der Waals surface area contributed by atoms with E-state index in [2.05, 4.69) is 30.0 Å². The van der Waals surface area contributed by atoms with Crippen LogP contribution >= 0.6 is 0 Å². The first-order valence-electron chi connectivity index (χ1n) is 10.0. The van der Waals surface area contributed by atoms with Crippen LogP contribution in [0.3, 0.4) is 0 Å². The van der Waals surface area contributed by atoms with Crippen LogP contribution in [0.1, 0.15) is 68.1 Å². The summed E-state index contributed by atoms with van der Waals surface area (Å²) < 4.78 is 0. The fraction of sp³-hybridized carbons (Fsp3) is 0.682. The minimum atomic E-state index is -0.608. The van der Waals surface area contributed by atoms with Gasteiger partial charge in [0.25, 0.3) is 0 Å². The van der Waals surface area contributed by atoms with Crippen LogP contribution in [0.4, 0.5) is 0 Å². The standard InChI is InChI=1S/C22H31NO2/c1-15-4-3-5-18(20(15)17-6-7-17)12-16-8-10-23(11-9-16)21(24)19-13-22(2,25)14-19/h3-5,16-17,19,25H,6-14H2,1-2H3. The molecule has 0 radical (unpaired) electrons. The molecule has 1 heterocycles. The van der Waals surface area contributed by atoms with E-state index in [1.165, 1.54) is 24.8 Å². The quantitative estimate of drug-likeness (QED) is 0.904. The van der Waals surface area contributed by atoms with Gasteiger partial charge in [0, 0.05) is 19.0 Å². The maximum absolute atomic E-state index is 12.5. The average Bonchev–Trinajstić information content (AvgIpc) is 3.37. The predicted molar refractivity (Wildman–Crippen MR) is 99.5 cm³/mol. The minimum Gasteiger partial charge on any atom is -0.390 e. The van der Waals surface area contributed by atoms with Crippen LogP contribution in [0.25, 0.3) is 0 Å². The molecule has 3 fully saturated rings. The second-order valence-corrected chi connectivity index (χ2v) is 9.00. The van der Waals surface area contributed by atoms with E-state index in [-0.39, 0.29) is 11.8 Å². The molecule has 3 nitrogen and oxygen atoms in total. The molecule has 0 atom stereocenters. The van der Waals surface area contributed by atoms with Crippen LogP contribution in [0.2, 0.25) is 0 Å². The maximum Gasteiger partial charge on any atom is 0.225 e. The molecule has 0 aromatic heterocycles. The van der Waals surface area contributed by atoms with Crippen molar-refractivity contribution in [1.82, 2.24) is 4.90 Å². The topological polar surface area (TPSA) is 40.5 Å². The third-order valence-electron chi connectivity index (χ3n) is 6.56. The second kappa shape index (κ2) is 6.42. The Hall–Kier alpha value is -1.35. The Kier molecular flexibility index (Phi) is 4.39. The zero-order valence-electron chi connectivity index (χ0n) is 15.6. The van der Waals surface area contributed by atoms with Gasteiger partial charge in [0.15, 0.2) is 0 Å². The minimum absolute atomic E-state index is 0.0600. The number of amides is 1. The summed E-state index contributed by atoms with van der Waals surface area (Å²) in [5.41, 5.74) is 4.04. The number of aryl methyl sites for hydroxylation is 1. The summed E-state index contributed by atoms with van der Waals surface area (Å²) in [5, 5.41) is 9.86. The molecule has 1 saturated heterocycles. The molecule has 2 saturated carbocycles. The number of aliphatic hydroxyl groups is 1. The first kappa shape index (κ1) is 17.1. The summed E-state index contributed by atoms with van der Waals surface area (Å²) >= 11 is 0. The van der Waals surface area contributed by atoms with E-state index in [1.54, 1.807) is 11.1 Å². The maximum atomic E-state index is 12.5. The summed E-state index contributed by atoms with van der Waals surface area (Å²) in [6.45, 7) is 5.88. The van der Waals surface area contributed by atoms with Gasteiger partial charge in [-0.05, 0) is 87.3 Å². The van der Waals surface area contributed by atoms with Gasteiger partial charge in [-0.2, -0.15) is 0 Å². The van der Waals surface area contributed by atoms with E-state index in [1.807, 2.05) is 6.92 Å². The summed E-state index contributed by atoms with van der Waals surface area (Å²) in [7, 11) is 0. The molecule has 2 aliphatic carbocycles. The molecular formula is C22H31NO2. The highest BCUT2D eigenvalue weighted by Crippen LogP contribution is 2.44. The lowest BCUT2D eigenvalue weighted by molar-refractivity contribution is -0.151. The highest BCUT2D eigenvalue weighted by Gasteiger charge is 2.44. The smallest absolute Gasteiger partial charge is 0.225 e. The molecular weight excluding hydrogens is 310 g/mol. The lowest BCUT2D eigenvalue weighted by Gasteiger charge is -2.43. The van der Waals surface area contributed by atoms with Crippen molar-refractivity contribution >= 4 is 5.91 Å². The lowest BCUT2D eigenvalue weighted by Crippen LogP contribution is -2.51. The molecule has 0 bridgehead atoms. The van der Waals surface area contributed by atoms with Crippen molar-refractivity contribution in [3.05, 3.63) is 34.9 Å². The predicted octanol–water partition coefficient (Wildman–Crippen LogP) is 3.81. The highest BCUT2D eigenvalue weighted by molar-refractivity contribution is 5.80. The van der Waals surface area contributed by atoms with Crippen molar-refractivity contribution in [1.29, 1.82) is 0 Å². The van der Waals surface area contributed by atoms with Crippen molar-refractivity contribution in [3.8, 4) is 0 Å². The molecule has 1 aliphatic heterocycles. The normalized spacial score (nSPS) is 30.2. The van der Waals surface area contributed by atoms with Gasteiger partial charge < -0.3 is 10.0 Å². The van der Waals surface area contributed by atoms with Crippen LogP contribution in [0, 0.1) is 18.8 Å². The Labute approximate surface area is 151 Å². The zero-order chi connectivity index (χ0) is 17.6. The Morgan fingerprint density at radius 1 is 1.20 bits per heavy atom. The molecule has 1 aromatic carbocycles. The number of likely N-dealkylation sites (tertiary alicyclic amines) is 1. The van der Waals surface area contributed by atoms with Crippen LogP contribution in [0.5, 0.6) is 0 Å². The number of piperidine rings is 1. The molecule has 1 N–H and O–H groups in total. The number of benzene rings is 1. The van der Waals surface area contributed by atoms with Gasteiger partial charge in [-0.1, -0.05) is 18.2 Å². The van der Waals surface area contributed by atoms with E-state index in [0.717, 1.165) is 31.8 Å². The van der Waals surface area contributed by atoms with E-state index in [9.17, 15) is 9.90 Å². The largest absolute Gasteiger partial charge is 0.390 e. The van der Waals surface area contributed by atoms with Gasteiger partial charge in [-0.3, -0.25) is 4.79 Å². The van der Waals surface area contributed by atoms with E-state index < -0.39 is 5.60 Å². The van der Waals surface area contributed by atoms with Crippen molar-refractivity contribution in [3.63, 3.8) is 0 Å². The summed E-state index contributed by atoms with van der Waals surface area (Å²) in [5.74, 6) is 1.85. The number of rotatable bonds is 4. The van der Waals surface area contributed by atoms with Crippen molar-refractivity contribution in [2.45, 2.75) is 70.3 Å². The average molecular weight is 341 g/mol. The van der Waals surface area contributed by atoms with Crippen molar-refractivity contribution < 1.29 is 9.90 Å². The number of carbonyl (C=O) groups excluding carboxylic acids is 1. The Morgan fingerprint density at radius 3 is 2.48 bits per heavy atom. The van der Waals surface area contributed by atoms with E-state index in [4.69, 9.17) is 0 Å². The fourth-order valence-corrected chi connectivity index (χ4v) is 4.98. The number of hydrogen-bond acceptors (Lipinski definition) is 2. The molecule has 1 amide bonds. The Morgan fingerprint density at radius 2 is 1.88 bits per heavy atom. The van der Waals surface area contributed by atoms with Gasteiger partial charge in [-0.25, -0.2) is 0 Å². The lowest BCUT2D eigenvalue weighted by atomic mass is 9.71. The summed E-state index contributed by atoms with van der Waals surface area (Å²) in [6, 6.07) is 6.79. The van der Waals surface area contributed by atoms with Gasteiger partial charge in [0.1, 0.15) is 0 Å². The molecule has 0 unspecified atom stereocenters. The molecule has 25 heavy (non-hydrogen) atoms. The van der Waals surface area contributed by atoms with Gasteiger partial charge in [-0.15, -0.1) is 0 Å². The van der Waals surface area contributed by atoms with Crippen molar-refractivity contribution in [2.75, 3.05) is 13.1 Å². The summed E-state index contributed by atoms with van der Waals surface area (Å²) in [4.78, 5) is 14.6. The Bertz CT molecular complexity index is 646.